The molecule has 4 rings (SSSR count). The van der Waals surface area contributed by atoms with Gasteiger partial charge >= 0.3 is 0 Å². The molecule has 0 aliphatic carbocycles. The molecule has 1 amide bonds. The van der Waals surface area contributed by atoms with Gasteiger partial charge in [0.15, 0.2) is 5.82 Å². The van der Waals surface area contributed by atoms with Crippen LogP contribution in [0.1, 0.15) is 21.9 Å². The van der Waals surface area contributed by atoms with Crippen LogP contribution in [0.25, 0.3) is 16.9 Å². The molecule has 0 atom stereocenters. The van der Waals surface area contributed by atoms with E-state index in [0.717, 1.165) is 5.69 Å². The molecule has 2 aromatic carbocycles. The Labute approximate surface area is 165 Å². The average molecular weight is 395 g/mol. The summed E-state index contributed by atoms with van der Waals surface area (Å²) in [6.07, 6.45) is 0. The molecule has 0 saturated heterocycles. The largest absolute Gasteiger partial charge is 0.360 e. The highest BCUT2D eigenvalue weighted by Gasteiger charge is 2.23. The summed E-state index contributed by atoms with van der Waals surface area (Å²) < 4.78 is 6.84. The third kappa shape index (κ3) is 3.25. The summed E-state index contributed by atoms with van der Waals surface area (Å²) in [5.74, 6) is 0.693. The van der Waals surface area contributed by atoms with Gasteiger partial charge < -0.3 is 9.84 Å². The number of carbonyl (C=O) groups excluding carboxylic acids is 1. The van der Waals surface area contributed by atoms with Crippen LogP contribution in [-0.2, 0) is 0 Å². The first-order chi connectivity index (χ1) is 13.5. The van der Waals surface area contributed by atoms with Gasteiger partial charge in [0.1, 0.15) is 17.0 Å². The molecule has 140 valence electrons. The van der Waals surface area contributed by atoms with Gasteiger partial charge in [0, 0.05) is 11.3 Å². The summed E-state index contributed by atoms with van der Waals surface area (Å²) in [5, 5.41) is 18.8. The van der Waals surface area contributed by atoms with Crippen molar-refractivity contribution < 1.29 is 9.32 Å². The molecule has 4 aromatic rings. The fourth-order valence-electron chi connectivity index (χ4n) is 2.86. The highest BCUT2D eigenvalue weighted by atomic mass is 35.5. The van der Waals surface area contributed by atoms with E-state index in [0.29, 0.717) is 39.1 Å². The molecule has 0 saturated carbocycles. The molecule has 0 spiro atoms. The number of aryl methyl sites for hydroxylation is 2. The van der Waals surface area contributed by atoms with Crippen molar-refractivity contribution in [2.75, 3.05) is 5.32 Å². The van der Waals surface area contributed by atoms with E-state index in [9.17, 15) is 4.79 Å². The number of nitrogens with one attached hydrogen (secondary N) is 1. The first-order valence-electron chi connectivity index (χ1n) is 8.42. The Bertz CT molecular complexity index is 1170. The molecule has 2 heterocycles. The zero-order valence-corrected chi connectivity index (χ0v) is 15.8. The monoisotopic (exact) mass is 394 g/mol. The molecular weight excluding hydrogens is 380 g/mol. The van der Waals surface area contributed by atoms with Crippen LogP contribution in [0.5, 0.6) is 0 Å². The second-order valence-corrected chi connectivity index (χ2v) is 6.49. The molecule has 0 radical (unpaired) electrons. The Balaban J connectivity index is 1.67. The zero-order chi connectivity index (χ0) is 19.7. The van der Waals surface area contributed by atoms with Gasteiger partial charge in [-0.05, 0) is 48.5 Å². The van der Waals surface area contributed by atoms with Crippen molar-refractivity contribution in [3.63, 3.8) is 0 Å². The normalized spacial score (nSPS) is 10.8. The zero-order valence-electron chi connectivity index (χ0n) is 15.0. The minimum absolute atomic E-state index is 0.331. The van der Waals surface area contributed by atoms with Gasteiger partial charge in [-0.25, -0.2) is 0 Å². The van der Waals surface area contributed by atoms with Crippen LogP contribution in [0, 0.1) is 13.8 Å². The van der Waals surface area contributed by atoms with Crippen LogP contribution in [-0.4, -0.2) is 31.3 Å². The number of hydrogen-bond acceptors (Lipinski definition) is 6. The Morgan fingerprint density at radius 2 is 1.96 bits per heavy atom. The molecule has 0 fully saturated rings. The van der Waals surface area contributed by atoms with E-state index in [1.807, 2.05) is 24.3 Å². The molecule has 9 heteroatoms. The van der Waals surface area contributed by atoms with Gasteiger partial charge in [0.2, 0.25) is 0 Å². The number of aromatic nitrogens is 5. The number of hydrogen-bond donors (Lipinski definition) is 1. The van der Waals surface area contributed by atoms with Gasteiger partial charge in [0.25, 0.3) is 5.91 Å². The van der Waals surface area contributed by atoms with Crippen LogP contribution in [0.2, 0.25) is 5.02 Å². The third-order valence-corrected chi connectivity index (χ3v) is 4.52. The Kier molecular flexibility index (Phi) is 4.62. The Hall–Kier alpha value is -3.52. The van der Waals surface area contributed by atoms with Gasteiger partial charge in [-0.2, -0.15) is 4.68 Å². The smallest absolute Gasteiger partial charge is 0.261 e. The van der Waals surface area contributed by atoms with Crippen molar-refractivity contribution in [1.29, 1.82) is 0 Å². The second kappa shape index (κ2) is 7.24. The van der Waals surface area contributed by atoms with Crippen molar-refractivity contribution in [3.05, 3.63) is 70.7 Å². The average Bonchev–Trinajstić information content (AvgIpc) is 3.28. The number of amides is 1. The Morgan fingerprint density at radius 1 is 1.14 bits per heavy atom. The molecule has 8 nitrogen and oxygen atoms in total. The summed E-state index contributed by atoms with van der Waals surface area (Å²) in [7, 11) is 0. The van der Waals surface area contributed by atoms with Crippen molar-refractivity contribution in [3.8, 4) is 16.9 Å². The van der Waals surface area contributed by atoms with E-state index in [1.165, 1.54) is 0 Å². The standard InChI is InChI=1S/C19H15ClN6O2/c1-11-17(18(23-28-11)15-8-3-4-9-16(15)20)19(27)21-13-6-5-7-14(10-13)26-12(2)22-24-25-26/h3-10H,1-2H3,(H,21,27). The quantitative estimate of drug-likeness (QED) is 0.564. The number of tetrazole rings is 1. The lowest BCUT2D eigenvalue weighted by molar-refractivity contribution is 0.102. The van der Waals surface area contributed by atoms with Crippen LogP contribution < -0.4 is 5.32 Å². The molecule has 28 heavy (non-hydrogen) atoms. The van der Waals surface area contributed by atoms with E-state index < -0.39 is 0 Å². The van der Waals surface area contributed by atoms with Crippen LogP contribution in [0.15, 0.2) is 53.1 Å². The van der Waals surface area contributed by atoms with Gasteiger partial charge in [-0.1, -0.05) is 41.0 Å². The van der Waals surface area contributed by atoms with Crippen molar-refractivity contribution in [2.45, 2.75) is 13.8 Å². The summed E-state index contributed by atoms with van der Waals surface area (Å²) >= 11 is 6.26. The number of nitrogens with zero attached hydrogens (tertiary/aromatic N) is 5. The first kappa shape index (κ1) is 17.9. The van der Waals surface area contributed by atoms with Crippen molar-refractivity contribution >= 4 is 23.2 Å². The lowest BCUT2D eigenvalue weighted by atomic mass is 10.1. The molecule has 0 bridgehead atoms. The SMILES string of the molecule is Cc1onc(-c2ccccc2Cl)c1C(=O)Nc1cccc(-n2nnnc2C)c1. The van der Waals surface area contributed by atoms with Gasteiger partial charge in [0.05, 0.1) is 10.7 Å². The highest BCUT2D eigenvalue weighted by Crippen LogP contribution is 2.31. The summed E-state index contributed by atoms with van der Waals surface area (Å²) in [6, 6.07) is 14.4. The van der Waals surface area contributed by atoms with Crippen LogP contribution in [0.4, 0.5) is 5.69 Å². The van der Waals surface area contributed by atoms with Crippen molar-refractivity contribution in [2.24, 2.45) is 0 Å². The van der Waals surface area contributed by atoms with E-state index in [2.05, 4.69) is 26.0 Å². The fourth-order valence-corrected chi connectivity index (χ4v) is 3.08. The molecule has 0 aliphatic rings. The van der Waals surface area contributed by atoms with Crippen LogP contribution >= 0.6 is 11.6 Å². The number of halogens is 1. The number of anilines is 1. The maximum atomic E-state index is 13.0. The number of carbonyl (C=O) groups is 1. The maximum absolute atomic E-state index is 13.0. The number of rotatable bonds is 4. The molecule has 0 aliphatic heterocycles. The maximum Gasteiger partial charge on any atom is 0.261 e. The summed E-state index contributed by atoms with van der Waals surface area (Å²) in [5.41, 5.74) is 2.67. The lowest BCUT2D eigenvalue weighted by Crippen LogP contribution is -2.14. The molecule has 2 aromatic heterocycles. The number of benzene rings is 2. The van der Waals surface area contributed by atoms with E-state index >= 15 is 0 Å². The Morgan fingerprint density at radius 3 is 2.71 bits per heavy atom. The lowest BCUT2D eigenvalue weighted by Gasteiger charge is -2.08. The van der Waals surface area contributed by atoms with Crippen molar-refractivity contribution in [1.82, 2.24) is 25.4 Å². The van der Waals surface area contributed by atoms with Gasteiger partial charge in [-0.15, -0.1) is 5.10 Å². The summed E-state index contributed by atoms with van der Waals surface area (Å²) in [4.78, 5) is 13.0. The topological polar surface area (TPSA) is 98.7 Å². The summed E-state index contributed by atoms with van der Waals surface area (Å²) in [6.45, 7) is 3.48. The predicted octanol–water partition coefficient (Wildman–Crippen LogP) is 3.84. The van der Waals surface area contributed by atoms with Crippen LogP contribution in [0.3, 0.4) is 0 Å². The van der Waals surface area contributed by atoms with E-state index in [4.69, 9.17) is 16.1 Å². The fraction of sp³-hybridized carbons (Fsp3) is 0.105. The van der Waals surface area contributed by atoms with E-state index in [-0.39, 0.29) is 5.91 Å². The van der Waals surface area contributed by atoms with E-state index in [1.54, 1.807) is 42.8 Å². The third-order valence-electron chi connectivity index (χ3n) is 4.19. The molecular formula is C19H15ClN6O2. The minimum Gasteiger partial charge on any atom is -0.360 e. The highest BCUT2D eigenvalue weighted by molar-refractivity contribution is 6.33. The van der Waals surface area contributed by atoms with Gasteiger partial charge in [-0.3, -0.25) is 4.79 Å². The predicted molar refractivity (Wildman–Crippen MR) is 104 cm³/mol. The minimum atomic E-state index is -0.348. The molecule has 0 unspecified atom stereocenters. The second-order valence-electron chi connectivity index (χ2n) is 6.08. The first-order valence-corrected chi connectivity index (χ1v) is 8.80. The molecule has 1 N–H and O–H groups in total.